The maximum absolute atomic E-state index is 13.6. The van der Waals surface area contributed by atoms with Gasteiger partial charge in [0.05, 0.1) is 25.5 Å². The number of hydrogen-bond donors (Lipinski definition) is 3. The van der Waals surface area contributed by atoms with Crippen LogP contribution < -0.4 is 16.0 Å². The van der Waals surface area contributed by atoms with E-state index >= 15 is 0 Å². The van der Waals surface area contributed by atoms with Crippen LogP contribution in [0.4, 0.5) is 10.6 Å². The topological polar surface area (TPSA) is 150 Å². The largest absolute Gasteiger partial charge is 0.465 e. The number of ether oxygens (including phenoxy) is 3. The molecule has 3 N–H and O–H groups in total. The lowest BCUT2D eigenvalue weighted by Gasteiger charge is -2.29. The van der Waals surface area contributed by atoms with Gasteiger partial charge < -0.3 is 30.2 Å². The summed E-state index contributed by atoms with van der Waals surface area (Å²) in [5, 5.41) is 7.34. The SMILES string of the molecule is CCOC(=O)C(Sn1cnc(NC(=O)[C@@H](COCc2ccccc2)NC(=O)C(C)(C)NC(=O)OC(C)(C)C)c1C)c1ccccc1. The summed E-state index contributed by atoms with van der Waals surface area (Å²) in [6.07, 6.45) is 0.724. The number of imidazole rings is 1. The Morgan fingerprint density at radius 2 is 1.59 bits per heavy atom. The van der Waals surface area contributed by atoms with Crippen molar-refractivity contribution in [3.8, 4) is 0 Å². The summed E-state index contributed by atoms with van der Waals surface area (Å²) >= 11 is 1.19. The van der Waals surface area contributed by atoms with Crippen LogP contribution in [0.5, 0.6) is 0 Å². The van der Waals surface area contributed by atoms with E-state index in [1.54, 1.807) is 38.6 Å². The van der Waals surface area contributed by atoms with Crippen molar-refractivity contribution in [2.75, 3.05) is 18.5 Å². The summed E-state index contributed by atoms with van der Waals surface area (Å²) in [4.78, 5) is 56.5. The summed E-state index contributed by atoms with van der Waals surface area (Å²) in [6, 6.07) is 17.5. The fourth-order valence-electron chi connectivity index (χ4n) is 4.03. The van der Waals surface area contributed by atoms with E-state index in [0.717, 1.165) is 11.1 Å². The second kappa shape index (κ2) is 16.3. The maximum atomic E-state index is 13.6. The number of carbonyl (C=O) groups is 4. The predicted octanol–water partition coefficient (Wildman–Crippen LogP) is 4.94. The lowest BCUT2D eigenvalue weighted by Crippen LogP contribution is -2.59. The normalized spacial score (nSPS) is 12.8. The average Bonchev–Trinajstić information content (AvgIpc) is 3.33. The van der Waals surface area contributed by atoms with Crippen molar-refractivity contribution in [1.29, 1.82) is 0 Å². The van der Waals surface area contributed by atoms with E-state index in [1.165, 1.54) is 32.1 Å². The molecule has 0 radical (unpaired) electrons. The van der Waals surface area contributed by atoms with Crippen LogP contribution in [0.1, 0.15) is 63.6 Å². The Morgan fingerprint density at radius 3 is 2.20 bits per heavy atom. The highest BCUT2D eigenvalue weighted by molar-refractivity contribution is 7.98. The van der Waals surface area contributed by atoms with Crippen molar-refractivity contribution < 1.29 is 33.4 Å². The molecule has 0 aliphatic carbocycles. The first-order valence-electron chi connectivity index (χ1n) is 14.9. The first-order chi connectivity index (χ1) is 21.7. The summed E-state index contributed by atoms with van der Waals surface area (Å²) in [7, 11) is 0. The molecule has 0 saturated carbocycles. The lowest BCUT2D eigenvalue weighted by molar-refractivity contribution is -0.142. The Hall–Kier alpha value is -4.36. The number of carbonyl (C=O) groups excluding carboxylic acids is 4. The Balaban J connectivity index is 1.77. The van der Waals surface area contributed by atoms with Crippen molar-refractivity contribution in [2.45, 2.75) is 77.5 Å². The molecule has 0 spiro atoms. The minimum atomic E-state index is -1.42. The molecule has 46 heavy (non-hydrogen) atoms. The van der Waals surface area contributed by atoms with E-state index in [-0.39, 0.29) is 25.6 Å². The fraction of sp³-hybridized carbons (Fsp3) is 0.424. The minimum absolute atomic E-state index is 0.164. The van der Waals surface area contributed by atoms with E-state index in [4.69, 9.17) is 14.2 Å². The molecule has 0 aliphatic rings. The van der Waals surface area contributed by atoms with E-state index in [2.05, 4.69) is 20.9 Å². The van der Waals surface area contributed by atoms with Crippen LogP contribution in [0.25, 0.3) is 0 Å². The Bertz CT molecular complexity index is 1470. The van der Waals surface area contributed by atoms with Gasteiger partial charge in [-0.25, -0.2) is 9.78 Å². The van der Waals surface area contributed by atoms with Crippen LogP contribution in [0.2, 0.25) is 0 Å². The van der Waals surface area contributed by atoms with Crippen LogP contribution in [0.3, 0.4) is 0 Å². The van der Waals surface area contributed by atoms with Gasteiger partial charge in [-0.2, -0.15) is 0 Å². The zero-order valence-corrected chi connectivity index (χ0v) is 28.1. The number of rotatable bonds is 14. The van der Waals surface area contributed by atoms with Gasteiger partial charge in [-0.1, -0.05) is 60.7 Å². The molecular formula is C33H43N5O7S. The van der Waals surface area contributed by atoms with Gasteiger partial charge in [0.25, 0.3) is 5.91 Å². The van der Waals surface area contributed by atoms with Gasteiger partial charge in [0.15, 0.2) is 5.82 Å². The highest BCUT2D eigenvalue weighted by Gasteiger charge is 2.35. The minimum Gasteiger partial charge on any atom is -0.465 e. The van der Waals surface area contributed by atoms with Crippen LogP contribution in [-0.2, 0) is 35.2 Å². The van der Waals surface area contributed by atoms with Crippen LogP contribution in [0, 0.1) is 6.92 Å². The Morgan fingerprint density at radius 1 is 0.957 bits per heavy atom. The molecule has 0 bridgehead atoms. The van der Waals surface area contributed by atoms with Crippen LogP contribution in [-0.4, -0.2) is 63.2 Å². The third kappa shape index (κ3) is 10.9. The molecule has 1 unspecified atom stereocenters. The van der Waals surface area contributed by atoms with Gasteiger partial charge in [-0.3, -0.25) is 18.4 Å². The van der Waals surface area contributed by atoms with Crippen molar-refractivity contribution in [3.63, 3.8) is 0 Å². The maximum Gasteiger partial charge on any atom is 0.408 e. The highest BCUT2D eigenvalue weighted by atomic mass is 32.2. The molecule has 12 nitrogen and oxygen atoms in total. The van der Waals surface area contributed by atoms with E-state index in [9.17, 15) is 19.2 Å². The first-order valence-corrected chi connectivity index (χ1v) is 15.7. The fourth-order valence-corrected chi connectivity index (χ4v) is 5.04. The number of alkyl carbamates (subject to hydrolysis) is 1. The molecule has 0 fully saturated rings. The number of hydrogen-bond acceptors (Lipinski definition) is 9. The van der Waals surface area contributed by atoms with Crippen molar-refractivity contribution >= 4 is 41.6 Å². The summed E-state index contributed by atoms with van der Waals surface area (Å²) < 4.78 is 18.1. The van der Waals surface area contributed by atoms with E-state index in [0.29, 0.717) is 5.69 Å². The third-order valence-electron chi connectivity index (χ3n) is 6.43. The number of nitrogens with one attached hydrogen (secondary N) is 3. The summed E-state index contributed by atoms with van der Waals surface area (Å²) in [5.74, 6) is -1.38. The standard InChI is InChI=1S/C33H43N5O7S/c1-8-44-29(40)26(24-17-13-10-14-18-24)46-38-21-34-27(22(38)2)36-28(39)25(20-43-19-23-15-11-9-12-16-23)35-30(41)33(6,7)37-31(42)45-32(3,4)5/h9-18,21,25-26H,8,19-20H2,1-7H3,(H,35,41)(H,36,39)(H,37,42)/t25-,26?/m1/s1. The van der Waals surface area contributed by atoms with Gasteiger partial charge in [0.2, 0.25) is 5.91 Å². The van der Waals surface area contributed by atoms with E-state index < -0.39 is 46.3 Å². The first kappa shape index (κ1) is 36.1. The third-order valence-corrected chi connectivity index (χ3v) is 7.70. The number of aromatic nitrogens is 2. The molecule has 0 aliphatic heterocycles. The molecule has 0 saturated heterocycles. The van der Waals surface area contributed by atoms with Gasteiger partial charge in [0, 0.05) is 0 Å². The summed E-state index contributed by atoms with van der Waals surface area (Å²) in [6.45, 7) is 11.9. The predicted molar refractivity (Wildman–Crippen MR) is 176 cm³/mol. The highest BCUT2D eigenvalue weighted by Crippen LogP contribution is 2.33. The zero-order valence-electron chi connectivity index (χ0n) is 27.3. The second-order valence-electron chi connectivity index (χ2n) is 11.9. The van der Waals surface area contributed by atoms with Gasteiger partial charge in [-0.15, -0.1) is 0 Å². The van der Waals surface area contributed by atoms with Crippen molar-refractivity contribution in [1.82, 2.24) is 19.6 Å². The monoisotopic (exact) mass is 653 g/mol. The van der Waals surface area contributed by atoms with Gasteiger partial charge in [0.1, 0.15) is 28.8 Å². The average molecular weight is 654 g/mol. The molecule has 3 amide bonds. The van der Waals surface area contributed by atoms with Crippen LogP contribution in [0.15, 0.2) is 67.0 Å². The molecule has 1 aromatic heterocycles. The van der Waals surface area contributed by atoms with Crippen LogP contribution >= 0.6 is 11.9 Å². The molecule has 3 aromatic rings. The number of nitrogens with zero attached hydrogens (tertiary/aromatic N) is 2. The lowest BCUT2D eigenvalue weighted by atomic mass is 10.0. The number of amides is 3. The zero-order chi connectivity index (χ0) is 33.9. The van der Waals surface area contributed by atoms with Gasteiger partial charge in [-0.05, 0) is 71.5 Å². The molecular weight excluding hydrogens is 610 g/mol. The Kier molecular flexibility index (Phi) is 12.8. The number of benzene rings is 2. The summed E-state index contributed by atoms with van der Waals surface area (Å²) in [5.41, 5.74) is 0.0208. The smallest absolute Gasteiger partial charge is 0.408 e. The molecule has 13 heteroatoms. The molecule has 2 aromatic carbocycles. The van der Waals surface area contributed by atoms with Gasteiger partial charge >= 0.3 is 12.1 Å². The van der Waals surface area contributed by atoms with Crippen molar-refractivity contribution in [2.24, 2.45) is 0 Å². The number of esters is 1. The quantitative estimate of drug-likeness (QED) is 0.206. The van der Waals surface area contributed by atoms with E-state index in [1.807, 2.05) is 60.7 Å². The molecule has 2 atom stereocenters. The second-order valence-corrected chi connectivity index (χ2v) is 13.0. The Labute approximate surface area is 274 Å². The van der Waals surface area contributed by atoms with Crippen molar-refractivity contribution in [3.05, 3.63) is 83.8 Å². The molecule has 3 rings (SSSR count). The molecule has 248 valence electrons. The number of anilines is 1. The molecule has 1 heterocycles.